The largest absolute Gasteiger partial charge is 0.546 e. The molecule has 0 aromatic heterocycles. The van der Waals surface area contributed by atoms with Gasteiger partial charge in [0.15, 0.2) is 0 Å². The highest BCUT2D eigenvalue weighted by Gasteiger charge is 2.37. The van der Waals surface area contributed by atoms with Gasteiger partial charge in [-0.05, 0) is 18.1 Å². The number of hydrogen-bond acceptors (Lipinski definition) is 2. The fourth-order valence-electron chi connectivity index (χ4n) is 0.430. The Morgan fingerprint density at radius 1 is 1.08 bits per heavy atom. The van der Waals surface area contributed by atoms with Crippen LogP contribution in [0.3, 0.4) is 0 Å². The lowest BCUT2D eigenvalue weighted by atomic mass is 10.2. The predicted molar refractivity (Wildman–Crippen MR) is 54.4 cm³/mol. The average molecular weight is 188 g/mol. The third kappa shape index (κ3) is 3.30. The van der Waals surface area contributed by atoms with Crippen LogP contribution in [0.4, 0.5) is 0 Å². The maximum atomic E-state index is 5.67. The molecule has 0 unspecified atom stereocenters. The van der Waals surface area contributed by atoms with E-state index in [1.165, 1.54) is 0 Å². The lowest BCUT2D eigenvalue weighted by molar-refractivity contribution is 0.315. The maximum Gasteiger partial charge on any atom is 0.249 e. The Morgan fingerprint density at radius 2 is 1.58 bits per heavy atom. The van der Waals surface area contributed by atoms with Gasteiger partial charge in [0.05, 0.1) is 7.11 Å². The topological polar surface area (TPSA) is 18.5 Å². The Morgan fingerprint density at radius 3 is 1.92 bits per heavy atom. The molecule has 0 amide bonds. The van der Waals surface area contributed by atoms with E-state index in [9.17, 15) is 0 Å². The summed E-state index contributed by atoms with van der Waals surface area (Å²) in [6.07, 6.45) is 3.22. The molecule has 3 heteroatoms. The van der Waals surface area contributed by atoms with Gasteiger partial charge in [-0.25, -0.2) is 0 Å². The molecule has 0 aliphatic heterocycles. The third-order valence-electron chi connectivity index (χ3n) is 2.36. The molecule has 0 aromatic carbocycles. The molecule has 0 atom stereocenters. The summed E-state index contributed by atoms with van der Waals surface area (Å²) in [4.78, 5) is 0. The Kier molecular flexibility index (Phi) is 3.84. The molecule has 0 bridgehead atoms. The standard InChI is InChI=1S/C9H20O2Si/c1-9(2,3)12(5,6)11-8-7-10-4/h7-8H,1-6H3. The lowest BCUT2D eigenvalue weighted by Crippen LogP contribution is -2.39. The summed E-state index contributed by atoms with van der Waals surface area (Å²) in [7, 11) is 0.00763. The number of rotatable bonds is 3. The molecule has 0 saturated carbocycles. The first kappa shape index (κ1) is 11.6. The van der Waals surface area contributed by atoms with E-state index in [1.807, 2.05) is 0 Å². The molecule has 0 radical (unpaired) electrons. The van der Waals surface area contributed by atoms with E-state index in [4.69, 9.17) is 9.16 Å². The molecule has 0 rings (SSSR count). The smallest absolute Gasteiger partial charge is 0.249 e. The van der Waals surface area contributed by atoms with Gasteiger partial charge >= 0.3 is 0 Å². The molecule has 0 saturated heterocycles. The molecule has 2 nitrogen and oxygen atoms in total. The lowest BCUT2D eigenvalue weighted by Gasteiger charge is -2.34. The molecular formula is C9H20O2Si. The molecule has 0 aromatic rings. The molecular weight excluding hydrogens is 168 g/mol. The van der Waals surface area contributed by atoms with Crippen molar-refractivity contribution in [1.29, 1.82) is 0 Å². The Hall–Kier alpha value is -0.443. The highest BCUT2D eigenvalue weighted by Crippen LogP contribution is 2.36. The molecule has 0 heterocycles. The van der Waals surface area contributed by atoms with Crippen LogP contribution in [-0.4, -0.2) is 15.4 Å². The van der Waals surface area contributed by atoms with Gasteiger partial charge < -0.3 is 9.16 Å². The Bertz CT molecular complexity index is 156. The van der Waals surface area contributed by atoms with Crippen molar-refractivity contribution in [1.82, 2.24) is 0 Å². The highest BCUT2D eigenvalue weighted by atomic mass is 28.4. The minimum atomic E-state index is -1.61. The fraction of sp³-hybridized carbons (Fsp3) is 0.778. The second kappa shape index (κ2) is 3.98. The average Bonchev–Trinajstić information content (AvgIpc) is 1.85. The van der Waals surface area contributed by atoms with Crippen molar-refractivity contribution in [3.8, 4) is 0 Å². The molecule has 0 spiro atoms. The van der Waals surface area contributed by atoms with E-state index in [2.05, 4.69) is 33.9 Å². The maximum absolute atomic E-state index is 5.67. The minimum absolute atomic E-state index is 0.255. The quantitative estimate of drug-likeness (QED) is 0.500. The van der Waals surface area contributed by atoms with E-state index < -0.39 is 8.32 Å². The van der Waals surface area contributed by atoms with Crippen LogP contribution < -0.4 is 0 Å². The summed E-state index contributed by atoms with van der Waals surface area (Å²) < 4.78 is 10.4. The van der Waals surface area contributed by atoms with E-state index in [-0.39, 0.29) is 5.04 Å². The molecule has 72 valence electrons. The first-order valence-electron chi connectivity index (χ1n) is 4.17. The number of methoxy groups -OCH3 is 1. The van der Waals surface area contributed by atoms with Gasteiger partial charge in [0.1, 0.15) is 12.5 Å². The zero-order chi connectivity index (χ0) is 9.83. The summed E-state index contributed by atoms with van der Waals surface area (Å²) in [6.45, 7) is 11.0. The van der Waals surface area contributed by atoms with Gasteiger partial charge in [-0.15, -0.1) is 0 Å². The van der Waals surface area contributed by atoms with Gasteiger partial charge in [-0.2, -0.15) is 0 Å². The summed E-state index contributed by atoms with van der Waals surface area (Å²) in [5.74, 6) is 0. The predicted octanol–water partition coefficient (Wildman–Crippen LogP) is 3.13. The van der Waals surface area contributed by atoms with Crippen LogP contribution in [0.25, 0.3) is 0 Å². The van der Waals surface area contributed by atoms with Crippen LogP contribution in [0.2, 0.25) is 18.1 Å². The van der Waals surface area contributed by atoms with Crippen molar-refractivity contribution in [3.05, 3.63) is 12.5 Å². The summed E-state index contributed by atoms with van der Waals surface area (Å²) in [6, 6.07) is 0. The van der Waals surface area contributed by atoms with Crippen LogP contribution in [0.15, 0.2) is 12.5 Å². The molecule has 12 heavy (non-hydrogen) atoms. The summed E-state index contributed by atoms with van der Waals surface area (Å²) in [5, 5.41) is 0.255. The second-order valence-electron chi connectivity index (χ2n) is 4.39. The SMILES string of the molecule is COC=CO[Si](C)(C)C(C)(C)C. The van der Waals surface area contributed by atoms with Crippen LogP contribution in [0.5, 0.6) is 0 Å². The zero-order valence-electron chi connectivity index (χ0n) is 8.97. The first-order chi connectivity index (χ1) is 5.31. The molecule has 0 aliphatic rings. The van der Waals surface area contributed by atoms with Crippen LogP contribution in [0, 0.1) is 0 Å². The van der Waals surface area contributed by atoms with E-state index in [0.29, 0.717) is 0 Å². The van der Waals surface area contributed by atoms with Crippen molar-refractivity contribution in [2.75, 3.05) is 7.11 Å². The normalized spacial score (nSPS) is 13.5. The van der Waals surface area contributed by atoms with E-state index in [1.54, 1.807) is 19.6 Å². The monoisotopic (exact) mass is 188 g/mol. The van der Waals surface area contributed by atoms with Crippen molar-refractivity contribution in [2.24, 2.45) is 0 Å². The number of ether oxygens (including phenoxy) is 1. The minimum Gasteiger partial charge on any atom is -0.546 e. The Labute approximate surface area is 76.7 Å². The van der Waals surface area contributed by atoms with Crippen LogP contribution in [-0.2, 0) is 9.16 Å². The van der Waals surface area contributed by atoms with Crippen molar-refractivity contribution in [2.45, 2.75) is 38.9 Å². The van der Waals surface area contributed by atoms with Gasteiger partial charge in [-0.3, -0.25) is 0 Å². The summed E-state index contributed by atoms with van der Waals surface area (Å²) in [5.41, 5.74) is 0. The molecule has 0 aliphatic carbocycles. The van der Waals surface area contributed by atoms with Crippen molar-refractivity contribution in [3.63, 3.8) is 0 Å². The van der Waals surface area contributed by atoms with Gasteiger partial charge in [0, 0.05) is 0 Å². The molecule has 0 N–H and O–H groups in total. The second-order valence-corrected chi connectivity index (χ2v) is 9.14. The summed E-state index contributed by atoms with van der Waals surface area (Å²) >= 11 is 0. The van der Waals surface area contributed by atoms with Crippen LogP contribution in [0.1, 0.15) is 20.8 Å². The van der Waals surface area contributed by atoms with E-state index >= 15 is 0 Å². The van der Waals surface area contributed by atoms with E-state index in [0.717, 1.165) is 0 Å². The molecule has 0 fully saturated rings. The van der Waals surface area contributed by atoms with Gasteiger partial charge in [0.25, 0.3) is 0 Å². The first-order valence-corrected chi connectivity index (χ1v) is 7.08. The highest BCUT2D eigenvalue weighted by molar-refractivity contribution is 6.74. The van der Waals surface area contributed by atoms with Crippen molar-refractivity contribution < 1.29 is 9.16 Å². The Balaban J connectivity index is 4.14. The van der Waals surface area contributed by atoms with Crippen molar-refractivity contribution >= 4 is 8.32 Å². The third-order valence-corrected chi connectivity index (χ3v) is 6.70. The van der Waals surface area contributed by atoms with Crippen LogP contribution >= 0.6 is 0 Å². The van der Waals surface area contributed by atoms with Gasteiger partial charge in [0.2, 0.25) is 8.32 Å². The number of hydrogen-bond donors (Lipinski definition) is 0. The van der Waals surface area contributed by atoms with Gasteiger partial charge in [-0.1, -0.05) is 20.8 Å². The fourth-order valence-corrected chi connectivity index (χ4v) is 1.18. The zero-order valence-corrected chi connectivity index (χ0v) is 9.97.